The van der Waals surface area contributed by atoms with Crippen molar-refractivity contribution in [1.82, 2.24) is 9.46 Å². The Labute approximate surface area is 148 Å². The fourth-order valence-electron chi connectivity index (χ4n) is 2.39. The molecule has 0 fully saturated rings. The zero-order valence-electron chi connectivity index (χ0n) is 14.8. The molecule has 0 spiro atoms. The Balaban J connectivity index is 2.02. The van der Waals surface area contributed by atoms with Crippen molar-refractivity contribution < 1.29 is 17.7 Å². The average Bonchev–Trinajstić information content (AvgIpc) is 2.91. The standard InChI is InChI=1S/C17H23N3O4S/c1-12(2)15-7-5-6-8-16(15)18-17(21)10-20(4)25(22,23)11-14-9-13(3)24-19-14/h5-9,12H,10-11H2,1-4H3,(H,18,21). The van der Waals surface area contributed by atoms with Gasteiger partial charge in [0, 0.05) is 18.8 Å². The maximum absolute atomic E-state index is 12.3. The highest BCUT2D eigenvalue weighted by molar-refractivity contribution is 7.88. The van der Waals surface area contributed by atoms with Crippen molar-refractivity contribution in [2.45, 2.75) is 32.4 Å². The summed E-state index contributed by atoms with van der Waals surface area (Å²) in [5, 5.41) is 6.46. The van der Waals surface area contributed by atoms with E-state index in [-0.39, 0.29) is 18.2 Å². The number of amides is 1. The number of benzene rings is 1. The van der Waals surface area contributed by atoms with E-state index in [9.17, 15) is 13.2 Å². The Hall–Kier alpha value is -2.19. The van der Waals surface area contributed by atoms with Crippen LogP contribution in [0.4, 0.5) is 5.69 Å². The number of para-hydroxylation sites is 1. The highest BCUT2D eigenvalue weighted by Crippen LogP contribution is 2.23. The van der Waals surface area contributed by atoms with Crippen LogP contribution in [0.5, 0.6) is 0 Å². The second-order valence-corrected chi connectivity index (χ2v) is 8.31. The molecule has 1 heterocycles. The first kappa shape index (κ1) is 19.1. The molecule has 1 N–H and O–H groups in total. The molecule has 1 aromatic carbocycles. The normalized spacial score (nSPS) is 11.9. The van der Waals surface area contributed by atoms with Gasteiger partial charge in [-0.3, -0.25) is 4.79 Å². The number of nitrogens with zero attached hydrogens (tertiary/aromatic N) is 2. The molecule has 0 saturated carbocycles. The van der Waals surface area contributed by atoms with Crippen LogP contribution < -0.4 is 5.32 Å². The number of anilines is 1. The van der Waals surface area contributed by atoms with Crippen LogP contribution in [0.2, 0.25) is 0 Å². The summed E-state index contributed by atoms with van der Waals surface area (Å²) in [6, 6.07) is 9.04. The third-order valence-corrected chi connectivity index (χ3v) is 5.44. The zero-order valence-corrected chi connectivity index (χ0v) is 15.6. The largest absolute Gasteiger partial charge is 0.361 e. The van der Waals surface area contributed by atoms with Gasteiger partial charge in [0.05, 0.1) is 6.54 Å². The molecule has 136 valence electrons. The number of aromatic nitrogens is 1. The molecule has 0 atom stereocenters. The average molecular weight is 365 g/mol. The van der Waals surface area contributed by atoms with Gasteiger partial charge in [-0.1, -0.05) is 37.2 Å². The lowest BCUT2D eigenvalue weighted by atomic mass is 10.0. The van der Waals surface area contributed by atoms with Crippen molar-refractivity contribution in [2.75, 3.05) is 18.9 Å². The maximum atomic E-state index is 12.3. The number of likely N-dealkylation sites (N-methyl/N-ethyl adjacent to an activating group) is 1. The molecule has 1 amide bonds. The van der Waals surface area contributed by atoms with Crippen LogP contribution in [-0.4, -0.2) is 37.4 Å². The van der Waals surface area contributed by atoms with E-state index in [0.717, 1.165) is 9.87 Å². The van der Waals surface area contributed by atoms with Crippen LogP contribution >= 0.6 is 0 Å². The first-order chi connectivity index (χ1) is 11.7. The molecule has 0 unspecified atom stereocenters. The summed E-state index contributed by atoms with van der Waals surface area (Å²) >= 11 is 0. The van der Waals surface area contributed by atoms with E-state index in [0.29, 0.717) is 17.1 Å². The van der Waals surface area contributed by atoms with Gasteiger partial charge in [0.2, 0.25) is 15.9 Å². The topological polar surface area (TPSA) is 92.5 Å². The van der Waals surface area contributed by atoms with Crippen molar-refractivity contribution in [3.05, 3.63) is 47.3 Å². The molecule has 25 heavy (non-hydrogen) atoms. The number of carbonyl (C=O) groups is 1. The van der Waals surface area contributed by atoms with Gasteiger partial charge in [-0.25, -0.2) is 8.42 Å². The summed E-state index contributed by atoms with van der Waals surface area (Å²) in [6.45, 7) is 5.47. The van der Waals surface area contributed by atoms with Crippen LogP contribution in [0.3, 0.4) is 0 Å². The predicted molar refractivity (Wildman–Crippen MR) is 95.7 cm³/mol. The number of hydrogen-bond acceptors (Lipinski definition) is 5. The van der Waals surface area contributed by atoms with Gasteiger partial charge in [0.1, 0.15) is 17.2 Å². The summed E-state index contributed by atoms with van der Waals surface area (Å²) in [4.78, 5) is 12.2. The minimum Gasteiger partial charge on any atom is -0.361 e. The molecule has 7 nitrogen and oxygen atoms in total. The molecule has 0 aliphatic carbocycles. The Morgan fingerprint density at radius 1 is 1.32 bits per heavy atom. The summed E-state index contributed by atoms with van der Waals surface area (Å²) in [7, 11) is -2.29. The molecule has 0 radical (unpaired) electrons. The summed E-state index contributed by atoms with van der Waals surface area (Å²) in [5.41, 5.74) is 2.01. The van der Waals surface area contributed by atoms with Gasteiger partial charge in [-0.2, -0.15) is 4.31 Å². The second kappa shape index (κ2) is 7.79. The van der Waals surface area contributed by atoms with Crippen LogP contribution in [-0.2, 0) is 20.6 Å². The number of aryl methyl sites for hydroxylation is 1. The van der Waals surface area contributed by atoms with Gasteiger partial charge in [0.15, 0.2) is 0 Å². The molecule has 2 rings (SSSR count). The van der Waals surface area contributed by atoms with Crippen LogP contribution in [0, 0.1) is 6.92 Å². The lowest BCUT2D eigenvalue weighted by Crippen LogP contribution is -2.35. The van der Waals surface area contributed by atoms with Gasteiger partial charge in [-0.05, 0) is 24.5 Å². The minimum atomic E-state index is -3.66. The van der Waals surface area contributed by atoms with E-state index in [2.05, 4.69) is 10.5 Å². The van der Waals surface area contributed by atoms with Crippen molar-refractivity contribution >= 4 is 21.6 Å². The van der Waals surface area contributed by atoms with E-state index in [1.807, 2.05) is 32.0 Å². The molecular formula is C17H23N3O4S. The lowest BCUT2D eigenvalue weighted by molar-refractivity contribution is -0.116. The van der Waals surface area contributed by atoms with Crippen LogP contribution in [0.15, 0.2) is 34.9 Å². The van der Waals surface area contributed by atoms with Crippen molar-refractivity contribution in [3.63, 3.8) is 0 Å². The maximum Gasteiger partial charge on any atom is 0.239 e. The van der Waals surface area contributed by atoms with Gasteiger partial charge < -0.3 is 9.84 Å². The highest BCUT2D eigenvalue weighted by Gasteiger charge is 2.23. The quantitative estimate of drug-likeness (QED) is 0.814. The summed E-state index contributed by atoms with van der Waals surface area (Å²) in [5.74, 6) is 0.0798. The Kier molecular flexibility index (Phi) is 5.97. The van der Waals surface area contributed by atoms with Crippen molar-refractivity contribution in [3.8, 4) is 0 Å². The van der Waals surface area contributed by atoms with Crippen LogP contribution in [0.25, 0.3) is 0 Å². The molecule has 0 saturated heterocycles. The summed E-state index contributed by atoms with van der Waals surface area (Å²) in [6.07, 6.45) is 0. The van der Waals surface area contributed by atoms with Crippen LogP contribution in [0.1, 0.15) is 36.8 Å². The zero-order chi connectivity index (χ0) is 18.6. The molecule has 8 heteroatoms. The number of carbonyl (C=O) groups excluding carboxylic acids is 1. The number of sulfonamides is 1. The van der Waals surface area contributed by atoms with Gasteiger partial charge in [-0.15, -0.1) is 0 Å². The van der Waals surface area contributed by atoms with Crippen molar-refractivity contribution in [1.29, 1.82) is 0 Å². The van der Waals surface area contributed by atoms with Gasteiger partial charge >= 0.3 is 0 Å². The minimum absolute atomic E-state index is 0.244. The lowest BCUT2D eigenvalue weighted by Gasteiger charge is -2.18. The fraction of sp³-hybridized carbons (Fsp3) is 0.412. The van der Waals surface area contributed by atoms with E-state index in [4.69, 9.17) is 4.52 Å². The van der Waals surface area contributed by atoms with Crippen molar-refractivity contribution in [2.24, 2.45) is 0 Å². The molecular weight excluding hydrogens is 342 g/mol. The second-order valence-electron chi connectivity index (χ2n) is 6.23. The monoisotopic (exact) mass is 365 g/mol. The number of nitrogens with one attached hydrogen (secondary N) is 1. The smallest absolute Gasteiger partial charge is 0.239 e. The van der Waals surface area contributed by atoms with E-state index < -0.39 is 15.9 Å². The van der Waals surface area contributed by atoms with E-state index in [1.165, 1.54) is 7.05 Å². The fourth-order valence-corrected chi connectivity index (χ4v) is 3.43. The molecule has 0 aliphatic heterocycles. The third-order valence-electron chi connectivity index (χ3n) is 3.71. The molecule has 0 aliphatic rings. The first-order valence-corrected chi connectivity index (χ1v) is 9.55. The molecule has 1 aromatic heterocycles. The van der Waals surface area contributed by atoms with Gasteiger partial charge in [0.25, 0.3) is 0 Å². The Morgan fingerprint density at radius 3 is 2.60 bits per heavy atom. The molecule has 0 bridgehead atoms. The Morgan fingerprint density at radius 2 is 2.00 bits per heavy atom. The number of rotatable bonds is 7. The first-order valence-electron chi connectivity index (χ1n) is 7.94. The summed E-state index contributed by atoms with van der Waals surface area (Å²) < 4.78 is 30.6. The SMILES string of the molecule is Cc1cc(CS(=O)(=O)N(C)CC(=O)Nc2ccccc2C(C)C)no1. The Bertz CT molecular complexity index is 843. The van der Waals surface area contributed by atoms with E-state index in [1.54, 1.807) is 19.1 Å². The van der Waals surface area contributed by atoms with E-state index >= 15 is 0 Å². The predicted octanol–water partition coefficient (Wildman–Crippen LogP) is 2.51. The number of hydrogen-bond donors (Lipinski definition) is 1. The molecule has 2 aromatic rings. The third kappa shape index (κ3) is 5.14. The highest BCUT2D eigenvalue weighted by atomic mass is 32.2.